The highest BCUT2D eigenvalue weighted by Gasteiger charge is 2.45. The monoisotopic (exact) mass is 1140 g/mol. The van der Waals surface area contributed by atoms with E-state index < -0.39 is 30.0 Å². The number of amides is 2. The average Bonchev–Trinajstić information content (AvgIpc) is 3.95. The summed E-state index contributed by atoms with van der Waals surface area (Å²) in [4.78, 5) is 49.4. The molecule has 6 atom stereocenters. The molecule has 9 heterocycles. The lowest BCUT2D eigenvalue weighted by Crippen LogP contribution is -2.54. The van der Waals surface area contributed by atoms with E-state index in [4.69, 9.17) is 19.7 Å². The number of nitrogens with one attached hydrogen (secondary N) is 1. The first-order valence-corrected chi connectivity index (χ1v) is 30.3. The van der Waals surface area contributed by atoms with Gasteiger partial charge in [0.1, 0.15) is 29.6 Å². The number of carbonyl (C=O) groups excluding carboxylic acids is 2. The second-order valence-electron chi connectivity index (χ2n) is 23.9. The summed E-state index contributed by atoms with van der Waals surface area (Å²) in [7, 11) is 0. The summed E-state index contributed by atoms with van der Waals surface area (Å²) in [5.41, 5.74) is 13.6. The first kappa shape index (κ1) is 55.5. The van der Waals surface area contributed by atoms with E-state index in [0.29, 0.717) is 58.1 Å². The standard InChI is InChI=1S/C61H76N12O8S/c1-35(2)57(61(78)72-33-43(74)25-51(72)60(77)65-36(3)47-12-9-39(23-53(47)76)58-37(4)64-34-82-58)54-29-55(68-81-54)70-21-14-38(15-22-70)30-69-19-16-44(17-20-69)79-45-26-46(27-45)80-56-24-40(13-18-63-56)73-41-10-11-42(73)32-71(31-41)50-28-49(66-67-59(50)62)48-7-5-6-8-52(48)75/h5-9,12-13,18,23-24,28-29,34-36,38,41-46,51,57,74-76H,10-11,14-17,19-22,25-27,30-33H2,1-4H3,(H2,62,67)(H,65,77)/t36-,41?,42?,43+,45?,46?,51-,57-/m0/s1. The number of piperidine rings is 2. The Morgan fingerprint density at radius 2 is 1.60 bits per heavy atom. The molecule has 82 heavy (non-hydrogen) atoms. The van der Waals surface area contributed by atoms with Gasteiger partial charge in [-0.2, -0.15) is 0 Å². The van der Waals surface area contributed by atoms with E-state index in [2.05, 4.69) is 62.4 Å². The van der Waals surface area contributed by atoms with E-state index in [1.165, 1.54) is 16.2 Å². The van der Waals surface area contributed by atoms with Crippen molar-refractivity contribution in [1.29, 1.82) is 0 Å². The Kier molecular flexibility index (Phi) is 16.0. The van der Waals surface area contributed by atoms with Crippen LogP contribution >= 0.6 is 11.3 Å². The Balaban J connectivity index is 0.567. The Morgan fingerprint density at radius 3 is 2.32 bits per heavy atom. The molecule has 6 N–H and O–H groups in total. The van der Waals surface area contributed by atoms with Crippen LogP contribution in [-0.4, -0.2) is 157 Å². The Morgan fingerprint density at radius 1 is 0.829 bits per heavy atom. The van der Waals surface area contributed by atoms with Crippen molar-refractivity contribution in [2.75, 3.05) is 72.8 Å². The number of benzene rings is 2. The Labute approximate surface area is 482 Å². The molecule has 5 aliphatic heterocycles. The smallest absolute Gasteiger partial charge is 0.243 e. The number of fused-ring (bicyclic) bond motifs is 2. The maximum Gasteiger partial charge on any atom is 0.243 e. The molecule has 2 unspecified atom stereocenters. The van der Waals surface area contributed by atoms with Crippen molar-refractivity contribution in [3.8, 4) is 39.1 Å². The van der Waals surface area contributed by atoms with Crippen LogP contribution in [0.25, 0.3) is 21.7 Å². The number of para-hydroxylation sites is 1. The molecule has 20 nitrogen and oxygen atoms in total. The van der Waals surface area contributed by atoms with Crippen molar-refractivity contribution in [2.45, 2.75) is 140 Å². The van der Waals surface area contributed by atoms with Crippen molar-refractivity contribution in [2.24, 2.45) is 11.8 Å². The number of hydrogen-bond acceptors (Lipinski definition) is 19. The van der Waals surface area contributed by atoms with E-state index in [-0.39, 0.29) is 54.6 Å². The maximum absolute atomic E-state index is 14.4. The third kappa shape index (κ3) is 11.7. The minimum absolute atomic E-state index is 0.0341. The lowest BCUT2D eigenvalue weighted by atomic mass is 9.91. The third-order valence-corrected chi connectivity index (χ3v) is 19.0. The van der Waals surface area contributed by atoms with E-state index in [1.54, 1.807) is 36.7 Å². The third-order valence-electron chi connectivity index (χ3n) is 18.0. The maximum atomic E-state index is 14.4. The molecular formula is C61H76N12O8S. The summed E-state index contributed by atoms with van der Waals surface area (Å²) in [6.07, 6.45) is 9.62. The molecule has 0 spiro atoms. The number of rotatable bonds is 17. The van der Waals surface area contributed by atoms with Crippen molar-refractivity contribution in [3.63, 3.8) is 0 Å². The zero-order valence-corrected chi connectivity index (χ0v) is 48.0. The number of pyridine rings is 1. The zero-order chi connectivity index (χ0) is 56.8. The van der Waals surface area contributed by atoms with Crippen molar-refractivity contribution < 1.29 is 38.9 Å². The predicted molar refractivity (Wildman–Crippen MR) is 313 cm³/mol. The molecular weight excluding hydrogens is 1060 g/mol. The summed E-state index contributed by atoms with van der Waals surface area (Å²) in [6, 6.07) is 19.7. The highest BCUT2D eigenvalue weighted by molar-refractivity contribution is 7.13. The van der Waals surface area contributed by atoms with Gasteiger partial charge in [-0.25, -0.2) is 9.97 Å². The van der Waals surface area contributed by atoms with Crippen LogP contribution in [0.5, 0.6) is 17.4 Å². The molecule has 2 bridgehead atoms. The van der Waals surface area contributed by atoms with Gasteiger partial charge < -0.3 is 64.9 Å². The molecule has 21 heteroatoms. The summed E-state index contributed by atoms with van der Waals surface area (Å²) in [5.74, 6) is 1.46. The number of carbonyl (C=O) groups is 2. The molecule has 12 rings (SSSR count). The number of aliphatic hydroxyl groups excluding tert-OH is 1. The predicted octanol–water partition coefficient (Wildman–Crippen LogP) is 7.70. The number of phenols is 2. The molecule has 4 aromatic heterocycles. The number of aromatic nitrogens is 5. The summed E-state index contributed by atoms with van der Waals surface area (Å²) >= 11 is 1.50. The van der Waals surface area contributed by atoms with Gasteiger partial charge in [0, 0.05) is 119 Å². The Bertz CT molecular complexity index is 3210. The van der Waals surface area contributed by atoms with Gasteiger partial charge in [0.2, 0.25) is 17.7 Å². The molecule has 2 aromatic carbocycles. The van der Waals surface area contributed by atoms with Crippen LogP contribution in [-0.2, 0) is 14.3 Å². The van der Waals surface area contributed by atoms with Gasteiger partial charge in [-0.15, -0.1) is 21.5 Å². The first-order chi connectivity index (χ1) is 39.7. The van der Waals surface area contributed by atoms with Gasteiger partial charge in [-0.05, 0) is 100 Å². The fraction of sp³-hybridized carbons (Fsp3) is 0.525. The topological polar surface area (TPSA) is 245 Å². The van der Waals surface area contributed by atoms with Gasteiger partial charge >= 0.3 is 0 Å². The van der Waals surface area contributed by atoms with Crippen molar-refractivity contribution >= 4 is 46.2 Å². The molecule has 6 fully saturated rings. The Hall–Kier alpha value is -7.07. The molecule has 1 aliphatic carbocycles. The average molecular weight is 1140 g/mol. The lowest BCUT2D eigenvalue weighted by molar-refractivity contribution is -0.141. The largest absolute Gasteiger partial charge is 0.508 e. The minimum Gasteiger partial charge on any atom is -0.508 e. The number of ether oxygens (including phenoxy) is 2. The number of nitrogen functional groups attached to an aromatic ring is 1. The number of aryl methyl sites for hydroxylation is 1. The zero-order valence-electron chi connectivity index (χ0n) is 47.2. The lowest BCUT2D eigenvalue weighted by Gasteiger charge is -2.43. The second-order valence-corrected chi connectivity index (χ2v) is 24.8. The van der Waals surface area contributed by atoms with Crippen LogP contribution in [0.15, 0.2) is 83.0 Å². The van der Waals surface area contributed by atoms with E-state index in [9.17, 15) is 24.9 Å². The normalized spacial score (nSPS) is 24.2. The van der Waals surface area contributed by atoms with Crippen LogP contribution in [0.4, 0.5) is 23.0 Å². The van der Waals surface area contributed by atoms with Crippen LogP contribution in [0.2, 0.25) is 0 Å². The number of likely N-dealkylation sites (tertiary alicyclic amines) is 2. The number of thiazole rings is 1. The number of piperazine rings is 1. The summed E-state index contributed by atoms with van der Waals surface area (Å²) < 4.78 is 19.0. The number of hydrogen-bond donors (Lipinski definition) is 5. The fourth-order valence-electron chi connectivity index (χ4n) is 13.5. The molecule has 5 saturated heterocycles. The molecule has 1 saturated carbocycles. The van der Waals surface area contributed by atoms with Crippen molar-refractivity contribution in [1.82, 2.24) is 40.4 Å². The van der Waals surface area contributed by atoms with Crippen LogP contribution in [0.3, 0.4) is 0 Å². The van der Waals surface area contributed by atoms with Crippen molar-refractivity contribution in [3.05, 3.63) is 95.5 Å². The number of anilines is 4. The molecule has 6 aromatic rings. The number of nitrogens with zero attached hydrogens (tertiary/aromatic N) is 10. The number of aromatic hydroxyl groups is 2. The van der Waals surface area contributed by atoms with Crippen LogP contribution in [0, 0.1) is 18.8 Å². The van der Waals surface area contributed by atoms with Gasteiger partial charge in [0.05, 0.1) is 51.8 Å². The highest BCUT2D eigenvalue weighted by atomic mass is 32.1. The van der Waals surface area contributed by atoms with Crippen LogP contribution in [0.1, 0.15) is 108 Å². The quantitative estimate of drug-likeness (QED) is 0.0587. The number of phenolic OH excluding ortho intramolecular Hbond substituents is 2. The molecule has 434 valence electrons. The fourth-order valence-corrected chi connectivity index (χ4v) is 14.3. The van der Waals surface area contributed by atoms with Crippen LogP contribution < -0.4 is 30.5 Å². The molecule has 2 amide bonds. The van der Waals surface area contributed by atoms with E-state index in [1.807, 2.05) is 57.3 Å². The number of aliphatic hydroxyl groups is 1. The van der Waals surface area contributed by atoms with Gasteiger partial charge in [0.25, 0.3) is 0 Å². The number of nitrogens with two attached hydrogens (primary N) is 1. The summed E-state index contributed by atoms with van der Waals surface area (Å²) in [6.45, 7) is 14.0. The minimum atomic E-state index is -0.887. The van der Waals surface area contributed by atoms with Gasteiger partial charge in [-0.3, -0.25) is 9.59 Å². The van der Waals surface area contributed by atoms with Gasteiger partial charge in [0.15, 0.2) is 17.4 Å². The SMILES string of the molecule is Cc1ncsc1-c1ccc([C@H](C)NC(=O)[C@@H]2C[C@@H](O)CN2C(=O)[C@H](c2cc(N3CCC(CN4CCC(OC5CC(Oc6cc(N7C8CCC7CN(c7cc(-c9ccccc9O)nnc7N)C8)ccn6)C5)CC4)CC3)no2)C(C)C)c(O)c1. The van der Waals surface area contributed by atoms with Gasteiger partial charge in [-0.1, -0.05) is 43.3 Å². The van der Waals surface area contributed by atoms with E-state index >= 15 is 0 Å². The molecule has 0 radical (unpaired) electrons. The second kappa shape index (κ2) is 23.7. The highest BCUT2D eigenvalue weighted by Crippen LogP contribution is 2.42. The first-order valence-electron chi connectivity index (χ1n) is 29.4. The number of β-amino-alcohol motifs (C(OH)–C–C–N with tert-alkyl or cyclic N) is 1. The molecule has 6 aliphatic rings. The van der Waals surface area contributed by atoms with E-state index in [0.717, 1.165) is 125 Å². The summed E-state index contributed by atoms with van der Waals surface area (Å²) in [5, 5.41) is 48.3.